The van der Waals surface area contributed by atoms with Crippen molar-refractivity contribution in [1.29, 1.82) is 0 Å². The van der Waals surface area contributed by atoms with Crippen molar-refractivity contribution in [1.82, 2.24) is 30.0 Å². The summed E-state index contributed by atoms with van der Waals surface area (Å²) in [5.74, 6) is 2.77. The fourth-order valence-electron chi connectivity index (χ4n) is 6.04. The Balaban J connectivity index is 1.37. The minimum absolute atomic E-state index is 0.0281. The minimum atomic E-state index is -0.545. The van der Waals surface area contributed by atoms with Gasteiger partial charge in [0.2, 0.25) is 0 Å². The van der Waals surface area contributed by atoms with Crippen molar-refractivity contribution < 1.29 is 14.3 Å². The maximum atomic E-state index is 13.8. The number of carbonyl (C=O) groups is 2. The number of nitrogens with zero attached hydrogens (tertiary/aromatic N) is 7. The normalized spacial score (nSPS) is 18.8. The third kappa shape index (κ3) is 4.20. The lowest BCUT2D eigenvalue weighted by Crippen LogP contribution is -2.39. The van der Waals surface area contributed by atoms with Crippen molar-refractivity contribution in [3.05, 3.63) is 46.9 Å². The number of alkyl carbamates (subject to hydrolysis) is 1. The number of aryl methyl sites for hydroxylation is 1. The Labute approximate surface area is 227 Å². The van der Waals surface area contributed by atoms with Crippen molar-refractivity contribution >= 4 is 23.6 Å². The summed E-state index contributed by atoms with van der Waals surface area (Å²) in [6.07, 6.45) is 3.42. The number of nitrogens with one attached hydrogen (secondary N) is 1. The van der Waals surface area contributed by atoms with Gasteiger partial charge in [-0.05, 0) is 65.2 Å². The van der Waals surface area contributed by atoms with Crippen molar-refractivity contribution in [2.24, 2.45) is 0 Å². The second-order valence-electron chi connectivity index (χ2n) is 11.7. The van der Waals surface area contributed by atoms with Crippen LogP contribution in [0.5, 0.6) is 0 Å². The van der Waals surface area contributed by atoms with E-state index in [0.717, 1.165) is 49.4 Å². The molecule has 11 nitrogen and oxygen atoms in total. The van der Waals surface area contributed by atoms with Gasteiger partial charge in [0.05, 0.1) is 17.8 Å². The molecular formula is C28H34N8O3. The highest BCUT2D eigenvalue weighted by Gasteiger charge is 2.38. The molecule has 2 amide bonds. The van der Waals surface area contributed by atoms with Crippen LogP contribution in [0.15, 0.2) is 24.3 Å². The first-order valence-corrected chi connectivity index (χ1v) is 13.5. The number of hydrogen-bond donors (Lipinski definition) is 1. The smallest absolute Gasteiger partial charge is 0.407 e. The zero-order valence-electron chi connectivity index (χ0n) is 23.1. The van der Waals surface area contributed by atoms with E-state index in [1.165, 1.54) is 7.05 Å². The van der Waals surface area contributed by atoms with Gasteiger partial charge in [-0.25, -0.2) is 14.8 Å². The summed E-state index contributed by atoms with van der Waals surface area (Å²) < 4.78 is 7.54. The molecule has 204 valence electrons. The van der Waals surface area contributed by atoms with Crippen molar-refractivity contribution in [3.63, 3.8) is 0 Å². The van der Waals surface area contributed by atoms with Crippen LogP contribution in [0, 0.1) is 0 Å². The predicted octanol–water partition coefficient (Wildman–Crippen LogP) is 3.81. The van der Waals surface area contributed by atoms with Crippen molar-refractivity contribution in [3.8, 4) is 11.5 Å². The van der Waals surface area contributed by atoms with Crippen LogP contribution < -0.4 is 15.1 Å². The minimum Gasteiger partial charge on any atom is -0.443 e. The van der Waals surface area contributed by atoms with Crippen LogP contribution in [-0.4, -0.2) is 55.9 Å². The molecule has 0 radical (unpaired) electrons. The van der Waals surface area contributed by atoms with E-state index < -0.39 is 6.09 Å². The van der Waals surface area contributed by atoms with Gasteiger partial charge in [-0.2, -0.15) is 0 Å². The second-order valence-corrected chi connectivity index (χ2v) is 11.7. The van der Waals surface area contributed by atoms with Gasteiger partial charge in [0.1, 0.15) is 29.8 Å². The molecule has 3 aliphatic rings. The van der Waals surface area contributed by atoms with E-state index in [2.05, 4.69) is 52.7 Å². The van der Waals surface area contributed by atoms with Crippen LogP contribution in [0.2, 0.25) is 0 Å². The fraction of sp³-hybridized carbons (Fsp3) is 0.500. The van der Waals surface area contributed by atoms with Crippen LogP contribution in [0.4, 0.5) is 16.4 Å². The van der Waals surface area contributed by atoms with Crippen LogP contribution in [0.3, 0.4) is 0 Å². The molecule has 1 N–H and O–H groups in total. The Bertz CT molecular complexity index is 1480. The molecule has 1 fully saturated rings. The van der Waals surface area contributed by atoms with E-state index in [0.29, 0.717) is 28.6 Å². The first kappa shape index (κ1) is 25.3. The number of fused-ring (bicyclic) bond motifs is 2. The molecule has 39 heavy (non-hydrogen) atoms. The molecule has 3 aromatic rings. The van der Waals surface area contributed by atoms with E-state index in [4.69, 9.17) is 14.7 Å². The average Bonchev–Trinajstić information content (AvgIpc) is 3.66. The SMILES string of the molecule is CNC(=O)OCc1nc(N2CCCC2(C)C)cc2c1CN(c1cccc(-c3nnc4n3C(C)(C)CC4)n1)C2=O. The predicted molar refractivity (Wildman–Crippen MR) is 146 cm³/mol. The van der Waals surface area contributed by atoms with Crippen LogP contribution in [-0.2, 0) is 29.8 Å². The molecule has 0 aliphatic carbocycles. The van der Waals surface area contributed by atoms with Gasteiger partial charge in [0.15, 0.2) is 5.82 Å². The van der Waals surface area contributed by atoms with Gasteiger partial charge in [-0.15, -0.1) is 10.2 Å². The Morgan fingerprint density at radius 2 is 1.90 bits per heavy atom. The molecule has 0 unspecified atom stereocenters. The Morgan fingerprint density at radius 3 is 2.64 bits per heavy atom. The van der Waals surface area contributed by atoms with E-state index in [1.807, 2.05) is 24.3 Å². The fourth-order valence-corrected chi connectivity index (χ4v) is 6.04. The van der Waals surface area contributed by atoms with Crippen LogP contribution >= 0.6 is 0 Å². The quantitative estimate of drug-likeness (QED) is 0.529. The summed E-state index contributed by atoms with van der Waals surface area (Å²) >= 11 is 0. The number of hydrogen-bond acceptors (Lipinski definition) is 8. The molecule has 11 heteroatoms. The van der Waals surface area contributed by atoms with Crippen molar-refractivity contribution in [2.75, 3.05) is 23.4 Å². The number of anilines is 2. The zero-order chi connectivity index (χ0) is 27.5. The lowest BCUT2D eigenvalue weighted by atomic mass is 10.0. The third-order valence-corrected chi connectivity index (χ3v) is 8.25. The van der Waals surface area contributed by atoms with Crippen LogP contribution in [0.25, 0.3) is 11.5 Å². The van der Waals surface area contributed by atoms with Gasteiger partial charge in [-0.3, -0.25) is 9.69 Å². The second kappa shape index (κ2) is 9.03. The van der Waals surface area contributed by atoms with E-state index in [-0.39, 0.29) is 30.1 Å². The molecule has 3 aliphatic heterocycles. The summed E-state index contributed by atoms with van der Waals surface area (Å²) in [6.45, 7) is 9.83. The summed E-state index contributed by atoms with van der Waals surface area (Å²) in [4.78, 5) is 39.4. The monoisotopic (exact) mass is 530 g/mol. The summed E-state index contributed by atoms with van der Waals surface area (Å²) in [6, 6.07) is 7.51. The molecule has 1 saturated heterocycles. The summed E-state index contributed by atoms with van der Waals surface area (Å²) in [5, 5.41) is 11.3. The van der Waals surface area contributed by atoms with Crippen molar-refractivity contribution in [2.45, 2.75) is 77.6 Å². The van der Waals surface area contributed by atoms with E-state index in [1.54, 1.807) is 4.90 Å². The summed E-state index contributed by atoms with van der Waals surface area (Å²) in [5.41, 5.74) is 2.39. The van der Waals surface area contributed by atoms with Gasteiger partial charge in [0.25, 0.3) is 5.91 Å². The summed E-state index contributed by atoms with van der Waals surface area (Å²) in [7, 11) is 1.51. The Hall–Kier alpha value is -4.02. The molecular weight excluding hydrogens is 496 g/mol. The number of pyridine rings is 2. The first-order chi connectivity index (χ1) is 18.6. The van der Waals surface area contributed by atoms with Gasteiger partial charge in [-0.1, -0.05) is 6.07 Å². The maximum Gasteiger partial charge on any atom is 0.407 e. The standard InChI is InChI=1S/C28H34N8O3/c1-27(2)11-7-13-35(27)23-14-17-18(20(31-23)16-39-26(38)29-5)15-34(25(17)37)21-9-6-8-19(30-21)24-33-32-22-10-12-28(3,4)36(22)24/h6,8-9,14H,7,10-13,15-16H2,1-5H3,(H,29,38). The van der Waals surface area contributed by atoms with Gasteiger partial charge < -0.3 is 19.5 Å². The molecule has 6 rings (SSSR count). The molecule has 0 spiro atoms. The Kier molecular flexibility index (Phi) is 5.85. The maximum absolute atomic E-state index is 13.8. The number of aromatic nitrogens is 5. The first-order valence-electron chi connectivity index (χ1n) is 13.5. The highest BCUT2D eigenvalue weighted by molar-refractivity contribution is 6.10. The zero-order valence-corrected chi connectivity index (χ0v) is 23.1. The molecule has 0 saturated carbocycles. The van der Waals surface area contributed by atoms with Gasteiger partial charge >= 0.3 is 6.09 Å². The molecule has 0 aromatic carbocycles. The highest BCUT2D eigenvalue weighted by Crippen LogP contribution is 2.38. The highest BCUT2D eigenvalue weighted by atomic mass is 16.5. The lowest BCUT2D eigenvalue weighted by molar-refractivity contribution is 0.0996. The molecule has 3 aromatic heterocycles. The number of carbonyl (C=O) groups excluding carboxylic acids is 2. The number of amides is 2. The lowest BCUT2D eigenvalue weighted by Gasteiger charge is -2.33. The van der Waals surface area contributed by atoms with E-state index in [9.17, 15) is 9.59 Å². The molecule has 0 bridgehead atoms. The third-order valence-electron chi connectivity index (χ3n) is 8.25. The average molecular weight is 531 g/mol. The van der Waals surface area contributed by atoms with Gasteiger partial charge in [0, 0.05) is 36.7 Å². The van der Waals surface area contributed by atoms with E-state index >= 15 is 0 Å². The molecule has 0 atom stereocenters. The number of ether oxygens (including phenoxy) is 1. The largest absolute Gasteiger partial charge is 0.443 e. The topological polar surface area (TPSA) is 118 Å². The molecule has 6 heterocycles. The number of rotatable bonds is 5. The Morgan fingerprint density at radius 1 is 1.08 bits per heavy atom. The van der Waals surface area contributed by atoms with Crippen LogP contribution in [0.1, 0.15) is 74.4 Å².